The Bertz CT molecular complexity index is 546. The second kappa shape index (κ2) is 5.14. The molecule has 0 saturated carbocycles. The summed E-state index contributed by atoms with van der Waals surface area (Å²) >= 11 is 0. The minimum absolute atomic E-state index is 0.300. The van der Waals surface area contributed by atoms with Crippen molar-refractivity contribution in [3.8, 4) is 0 Å². The summed E-state index contributed by atoms with van der Waals surface area (Å²) in [6.45, 7) is 0. The van der Waals surface area contributed by atoms with E-state index in [0.29, 0.717) is 11.1 Å². The summed E-state index contributed by atoms with van der Waals surface area (Å²) in [6.07, 6.45) is 0. The fraction of sp³-hybridized carbons (Fsp3) is 0. The third-order valence-electron chi connectivity index (χ3n) is 2.44. The lowest BCUT2D eigenvalue weighted by atomic mass is 10.1. The molecule has 3 N–H and O–H groups in total. The van der Waals surface area contributed by atoms with E-state index in [2.05, 4.69) is 5.32 Å². The van der Waals surface area contributed by atoms with Gasteiger partial charge in [0.15, 0.2) is 0 Å². The van der Waals surface area contributed by atoms with Crippen molar-refractivity contribution in [2.45, 2.75) is 0 Å². The van der Waals surface area contributed by atoms with Crippen LogP contribution in [0, 0.1) is 0 Å². The highest BCUT2D eigenvalue weighted by atomic mass is 16.2. The van der Waals surface area contributed by atoms with Crippen LogP contribution in [-0.4, -0.2) is 11.8 Å². The van der Waals surface area contributed by atoms with E-state index in [-0.39, 0.29) is 11.8 Å². The predicted octanol–water partition coefficient (Wildman–Crippen LogP) is 1.84. The number of carbonyl (C=O) groups excluding carboxylic acids is 2. The Kier molecular flexibility index (Phi) is 3.38. The molecule has 0 fully saturated rings. The van der Waals surface area contributed by atoms with E-state index in [1.165, 1.54) is 0 Å². The van der Waals surface area contributed by atoms with Gasteiger partial charge in [0, 0.05) is 5.69 Å². The number of hydrogen-bond acceptors (Lipinski definition) is 3. The minimum atomic E-state index is -0.300. The summed E-state index contributed by atoms with van der Waals surface area (Å²) in [7, 11) is 0. The lowest BCUT2D eigenvalue weighted by Gasteiger charge is -1.88. The molecular formula is C14H12N2O2. The Morgan fingerprint density at radius 2 is 1.17 bits per heavy atom. The van der Waals surface area contributed by atoms with E-state index in [0.717, 1.165) is 5.69 Å². The normalized spacial score (nSPS) is 12.2. The molecule has 1 aliphatic heterocycles. The van der Waals surface area contributed by atoms with E-state index >= 15 is 0 Å². The Balaban J connectivity index is 0.000000149. The SMILES string of the molecule is Nc1ccccc1.O=C1NC(=O)c2ccccc21. The molecule has 2 amide bonds. The monoisotopic (exact) mass is 240 g/mol. The van der Waals surface area contributed by atoms with Gasteiger partial charge < -0.3 is 5.73 Å². The first-order valence-corrected chi connectivity index (χ1v) is 5.43. The highest BCUT2D eigenvalue weighted by Gasteiger charge is 2.25. The number of anilines is 1. The Labute approximate surface area is 104 Å². The van der Waals surface area contributed by atoms with Gasteiger partial charge in [0.05, 0.1) is 11.1 Å². The summed E-state index contributed by atoms with van der Waals surface area (Å²) in [5.74, 6) is -0.601. The number of hydrogen-bond donors (Lipinski definition) is 2. The third kappa shape index (κ3) is 2.55. The van der Waals surface area contributed by atoms with Crippen LogP contribution in [0.15, 0.2) is 54.6 Å². The third-order valence-corrected chi connectivity index (χ3v) is 2.44. The number of nitrogens with one attached hydrogen (secondary N) is 1. The molecule has 0 spiro atoms. The van der Waals surface area contributed by atoms with Crippen LogP contribution in [0.4, 0.5) is 5.69 Å². The Hall–Kier alpha value is -2.62. The van der Waals surface area contributed by atoms with Crippen molar-refractivity contribution in [3.63, 3.8) is 0 Å². The van der Waals surface area contributed by atoms with E-state index in [1.807, 2.05) is 30.3 Å². The maximum atomic E-state index is 10.9. The number of benzene rings is 2. The molecule has 18 heavy (non-hydrogen) atoms. The van der Waals surface area contributed by atoms with Crippen LogP contribution in [0.2, 0.25) is 0 Å². The van der Waals surface area contributed by atoms with Gasteiger partial charge in [-0.15, -0.1) is 0 Å². The van der Waals surface area contributed by atoms with Crippen LogP contribution in [-0.2, 0) is 0 Å². The molecule has 4 heteroatoms. The topological polar surface area (TPSA) is 72.2 Å². The van der Waals surface area contributed by atoms with E-state index in [9.17, 15) is 9.59 Å². The highest BCUT2D eigenvalue weighted by Crippen LogP contribution is 2.13. The van der Waals surface area contributed by atoms with Gasteiger partial charge in [-0.2, -0.15) is 0 Å². The molecule has 90 valence electrons. The average Bonchev–Trinajstić information content (AvgIpc) is 2.68. The van der Waals surface area contributed by atoms with E-state index < -0.39 is 0 Å². The predicted molar refractivity (Wildman–Crippen MR) is 69.1 cm³/mol. The van der Waals surface area contributed by atoms with Crippen molar-refractivity contribution in [2.24, 2.45) is 0 Å². The molecule has 4 nitrogen and oxygen atoms in total. The first kappa shape index (κ1) is 11.9. The number of carbonyl (C=O) groups is 2. The summed E-state index contributed by atoms with van der Waals surface area (Å²) in [6, 6.07) is 16.2. The standard InChI is InChI=1S/C8H5NO2.C6H7N/c10-7-5-3-1-2-4-6(5)8(11)9-7;7-6-4-2-1-3-5-6/h1-4H,(H,9,10,11);1-5H,7H2. The highest BCUT2D eigenvalue weighted by molar-refractivity contribution is 6.21. The zero-order valence-electron chi connectivity index (χ0n) is 9.59. The number of imide groups is 1. The molecular weight excluding hydrogens is 228 g/mol. The number of fused-ring (bicyclic) bond motifs is 1. The first-order chi connectivity index (χ1) is 8.68. The van der Waals surface area contributed by atoms with Gasteiger partial charge in [-0.1, -0.05) is 30.3 Å². The fourth-order valence-electron chi connectivity index (χ4n) is 1.57. The molecule has 2 aromatic rings. The quantitative estimate of drug-likeness (QED) is 0.545. The molecule has 0 saturated heterocycles. The van der Waals surface area contributed by atoms with Crippen LogP contribution in [0.25, 0.3) is 0 Å². The van der Waals surface area contributed by atoms with Crippen molar-refractivity contribution < 1.29 is 9.59 Å². The van der Waals surface area contributed by atoms with Gasteiger partial charge in [-0.3, -0.25) is 14.9 Å². The largest absolute Gasteiger partial charge is 0.399 e. The van der Waals surface area contributed by atoms with Crippen LogP contribution in [0.1, 0.15) is 20.7 Å². The molecule has 2 aromatic carbocycles. The van der Waals surface area contributed by atoms with Gasteiger partial charge in [-0.25, -0.2) is 0 Å². The van der Waals surface area contributed by atoms with Crippen LogP contribution < -0.4 is 11.1 Å². The number of para-hydroxylation sites is 1. The van der Waals surface area contributed by atoms with E-state index in [1.54, 1.807) is 24.3 Å². The first-order valence-electron chi connectivity index (χ1n) is 5.43. The number of nitrogens with two attached hydrogens (primary N) is 1. The molecule has 0 aromatic heterocycles. The van der Waals surface area contributed by atoms with Crippen molar-refractivity contribution in [1.82, 2.24) is 5.32 Å². The fourth-order valence-corrected chi connectivity index (χ4v) is 1.57. The van der Waals surface area contributed by atoms with Crippen LogP contribution in [0.5, 0.6) is 0 Å². The van der Waals surface area contributed by atoms with Crippen LogP contribution >= 0.6 is 0 Å². The van der Waals surface area contributed by atoms with Gasteiger partial charge in [0.1, 0.15) is 0 Å². The maximum Gasteiger partial charge on any atom is 0.258 e. The summed E-state index contributed by atoms with van der Waals surface area (Å²) in [4.78, 5) is 21.9. The molecule has 0 bridgehead atoms. The van der Waals surface area contributed by atoms with Gasteiger partial charge in [0.2, 0.25) is 0 Å². The average molecular weight is 240 g/mol. The van der Waals surface area contributed by atoms with Gasteiger partial charge in [-0.05, 0) is 24.3 Å². The molecule has 0 atom stereocenters. The number of amides is 2. The van der Waals surface area contributed by atoms with Crippen molar-refractivity contribution in [1.29, 1.82) is 0 Å². The van der Waals surface area contributed by atoms with Crippen molar-refractivity contribution >= 4 is 17.5 Å². The lowest BCUT2D eigenvalue weighted by molar-refractivity contribution is 0.0879. The summed E-state index contributed by atoms with van der Waals surface area (Å²) in [5, 5.41) is 2.20. The molecule has 1 aliphatic rings. The lowest BCUT2D eigenvalue weighted by Crippen LogP contribution is -2.19. The van der Waals surface area contributed by atoms with Crippen molar-refractivity contribution in [2.75, 3.05) is 5.73 Å². The molecule has 0 aliphatic carbocycles. The zero-order chi connectivity index (χ0) is 13.0. The second-order valence-corrected chi connectivity index (χ2v) is 3.74. The smallest absolute Gasteiger partial charge is 0.258 e. The summed E-state index contributed by atoms with van der Waals surface area (Å²) in [5.41, 5.74) is 7.12. The molecule has 0 unspecified atom stereocenters. The number of nitrogen functional groups attached to an aromatic ring is 1. The second-order valence-electron chi connectivity index (χ2n) is 3.74. The Morgan fingerprint density at radius 3 is 1.56 bits per heavy atom. The Morgan fingerprint density at radius 1 is 0.722 bits per heavy atom. The van der Waals surface area contributed by atoms with Gasteiger partial charge >= 0.3 is 0 Å². The minimum Gasteiger partial charge on any atom is -0.399 e. The van der Waals surface area contributed by atoms with Crippen molar-refractivity contribution in [3.05, 3.63) is 65.7 Å². The molecule has 3 rings (SSSR count). The van der Waals surface area contributed by atoms with Crippen LogP contribution in [0.3, 0.4) is 0 Å². The zero-order valence-corrected chi connectivity index (χ0v) is 9.59. The summed E-state index contributed by atoms with van der Waals surface area (Å²) < 4.78 is 0. The maximum absolute atomic E-state index is 10.9. The molecule has 0 radical (unpaired) electrons. The molecule has 1 heterocycles. The van der Waals surface area contributed by atoms with E-state index in [4.69, 9.17) is 5.73 Å². The van der Waals surface area contributed by atoms with Gasteiger partial charge in [0.25, 0.3) is 11.8 Å². The number of rotatable bonds is 0.